The van der Waals surface area contributed by atoms with E-state index in [1.54, 1.807) is 48.5 Å². The van der Waals surface area contributed by atoms with Crippen LogP contribution in [0.25, 0.3) is 0 Å². The Balaban J connectivity index is 1.64. The quantitative estimate of drug-likeness (QED) is 0.778. The molecule has 0 radical (unpaired) electrons. The highest BCUT2D eigenvalue weighted by Crippen LogP contribution is 2.20. The van der Waals surface area contributed by atoms with Gasteiger partial charge in [0.05, 0.1) is 4.90 Å². The van der Waals surface area contributed by atoms with E-state index in [0.717, 1.165) is 18.4 Å². The third kappa shape index (κ3) is 4.26. The molecule has 1 aliphatic rings. The molecule has 0 aromatic heterocycles. The van der Waals surface area contributed by atoms with Gasteiger partial charge in [-0.25, -0.2) is 13.2 Å². The fourth-order valence-electron chi connectivity index (χ4n) is 2.13. The average molecular weight is 345 g/mol. The molecule has 2 aromatic carbocycles. The molecule has 2 aromatic rings. The topological polar surface area (TPSA) is 87.3 Å². The molecule has 0 saturated heterocycles. The lowest BCUT2D eigenvalue weighted by Gasteiger charge is -2.10. The van der Waals surface area contributed by atoms with E-state index >= 15 is 0 Å². The van der Waals surface area contributed by atoms with Gasteiger partial charge in [-0.2, -0.15) is 0 Å². The molecule has 3 N–H and O–H groups in total. The van der Waals surface area contributed by atoms with Gasteiger partial charge >= 0.3 is 6.03 Å². The Hall–Kier alpha value is -2.54. The first-order chi connectivity index (χ1) is 11.4. The second kappa shape index (κ2) is 6.52. The number of sulfonamides is 1. The summed E-state index contributed by atoms with van der Waals surface area (Å²) in [6, 6.07) is 13.2. The zero-order valence-corrected chi connectivity index (χ0v) is 14.1. The van der Waals surface area contributed by atoms with E-state index in [0.29, 0.717) is 11.4 Å². The second-order valence-corrected chi connectivity index (χ2v) is 7.55. The van der Waals surface area contributed by atoms with Gasteiger partial charge in [0.1, 0.15) is 0 Å². The van der Waals surface area contributed by atoms with Crippen molar-refractivity contribution >= 4 is 27.4 Å². The lowest BCUT2D eigenvalue weighted by atomic mass is 10.2. The predicted molar refractivity (Wildman–Crippen MR) is 93.6 cm³/mol. The average Bonchev–Trinajstić information content (AvgIpc) is 3.33. The van der Waals surface area contributed by atoms with Crippen molar-refractivity contribution in [2.75, 3.05) is 10.0 Å². The van der Waals surface area contributed by atoms with Gasteiger partial charge in [-0.05, 0) is 56.2 Å². The Morgan fingerprint density at radius 3 is 2.12 bits per heavy atom. The number of amides is 2. The predicted octanol–water partition coefficient (Wildman–Crippen LogP) is 3.08. The number of anilines is 2. The van der Waals surface area contributed by atoms with E-state index in [4.69, 9.17) is 0 Å². The Morgan fingerprint density at radius 1 is 0.958 bits per heavy atom. The van der Waals surface area contributed by atoms with Gasteiger partial charge in [0.25, 0.3) is 10.0 Å². The molecular weight excluding hydrogens is 326 g/mol. The summed E-state index contributed by atoms with van der Waals surface area (Å²) in [6.07, 6.45) is 2.04. The van der Waals surface area contributed by atoms with Crippen LogP contribution in [0.1, 0.15) is 18.4 Å². The molecule has 0 aliphatic heterocycles. The fourth-order valence-corrected chi connectivity index (χ4v) is 3.19. The van der Waals surface area contributed by atoms with E-state index in [2.05, 4.69) is 15.4 Å². The first kappa shape index (κ1) is 16.3. The van der Waals surface area contributed by atoms with Crippen LogP contribution < -0.4 is 15.4 Å². The summed E-state index contributed by atoms with van der Waals surface area (Å²) in [5, 5.41) is 5.53. The Bertz CT molecular complexity index is 826. The van der Waals surface area contributed by atoms with E-state index in [-0.39, 0.29) is 17.0 Å². The van der Waals surface area contributed by atoms with E-state index < -0.39 is 10.0 Å². The molecule has 24 heavy (non-hydrogen) atoms. The molecule has 2 amide bonds. The molecule has 1 aliphatic carbocycles. The lowest BCUT2D eigenvalue weighted by molar-refractivity contribution is 0.251. The first-order valence-corrected chi connectivity index (χ1v) is 9.18. The van der Waals surface area contributed by atoms with Crippen LogP contribution >= 0.6 is 0 Å². The molecular formula is C17H19N3O3S. The highest BCUT2D eigenvalue weighted by molar-refractivity contribution is 7.92. The van der Waals surface area contributed by atoms with E-state index in [9.17, 15) is 13.2 Å². The highest BCUT2D eigenvalue weighted by Gasteiger charge is 2.23. The molecule has 1 fully saturated rings. The van der Waals surface area contributed by atoms with Gasteiger partial charge in [-0.15, -0.1) is 0 Å². The van der Waals surface area contributed by atoms with Crippen molar-refractivity contribution in [2.45, 2.75) is 30.7 Å². The molecule has 126 valence electrons. The number of aryl methyl sites for hydroxylation is 1. The third-order valence-corrected chi connectivity index (χ3v) is 5.04. The number of carbonyl (C=O) groups is 1. The molecule has 0 heterocycles. The number of hydrogen-bond acceptors (Lipinski definition) is 3. The zero-order chi connectivity index (χ0) is 17.2. The third-order valence-electron chi connectivity index (χ3n) is 3.64. The molecule has 1 saturated carbocycles. The SMILES string of the molecule is Cc1ccc(S(=O)(=O)Nc2ccc(NC(=O)NC3CC3)cc2)cc1. The van der Waals surface area contributed by atoms with Crippen molar-refractivity contribution in [3.63, 3.8) is 0 Å². The number of benzene rings is 2. The van der Waals surface area contributed by atoms with Gasteiger partial charge < -0.3 is 10.6 Å². The Labute approximate surface area is 141 Å². The minimum atomic E-state index is -3.62. The highest BCUT2D eigenvalue weighted by atomic mass is 32.2. The van der Waals surface area contributed by atoms with Crippen molar-refractivity contribution < 1.29 is 13.2 Å². The molecule has 3 rings (SSSR count). The Kier molecular flexibility index (Phi) is 4.44. The van der Waals surface area contributed by atoms with Gasteiger partial charge in [-0.3, -0.25) is 4.72 Å². The summed E-state index contributed by atoms with van der Waals surface area (Å²) in [7, 11) is -3.62. The molecule has 7 heteroatoms. The van der Waals surface area contributed by atoms with Crippen LogP contribution in [-0.2, 0) is 10.0 Å². The van der Waals surface area contributed by atoms with Gasteiger partial charge in [0.15, 0.2) is 0 Å². The molecule has 6 nitrogen and oxygen atoms in total. The minimum Gasteiger partial charge on any atom is -0.335 e. The number of carbonyl (C=O) groups excluding carboxylic acids is 1. The van der Waals surface area contributed by atoms with Crippen molar-refractivity contribution in [1.82, 2.24) is 5.32 Å². The Morgan fingerprint density at radius 2 is 1.54 bits per heavy atom. The molecule has 0 spiro atoms. The van der Waals surface area contributed by atoms with E-state index in [1.165, 1.54) is 0 Å². The normalized spacial score (nSPS) is 14.0. The van der Waals surface area contributed by atoms with Crippen molar-refractivity contribution in [1.29, 1.82) is 0 Å². The second-order valence-electron chi connectivity index (χ2n) is 5.87. The maximum atomic E-state index is 12.3. The number of nitrogens with one attached hydrogen (secondary N) is 3. The molecule has 0 atom stereocenters. The fraction of sp³-hybridized carbons (Fsp3) is 0.235. The minimum absolute atomic E-state index is 0.208. The van der Waals surface area contributed by atoms with Crippen LogP contribution in [-0.4, -0.2) is 20.5 Å². The van der Waals surface area contributed by atoms with Crippen LogP contribution in [0.15, 0.2) is 53.4 Å². The number of hydrogen-bond donors (Lipinski definition) is 3. The summed E-state index contributed by atoms with van der Waals surface area (Å²) in [5.74, 6) is 0. The molecule has 0 bridgehead atoms. The summed E-state index contributed by atoms with van der Waals surface area (Å²) in [6.45, 7) is 1.90. The van der Waals surface area contributed by atoms with Crippen molar-refractivity contribution in [2.24, 2.45) is 0 Å². The van der Waals surface area contributed by atoms with Gasteiger partial charge in [0.2, 0.25) is 0 Å². The zero-order valence-electron chi connectivity index (χ0n) is 13.2. The molecule has 0 unspecified atom stereocenters. The summed E-state index contributed by atoms with van der Waals surface area (Å²) < 4.78 is 27.1. The van der Waals surface area contributed by atoms with Crippen molar-refractivity contribution in [3.8, 4) is 0 Å². The number of urea groups is 1. The monoisotopic (exact) mass is 345 g/mol. The van der Waals surface area contributed by atoms with E-state index in [1.807, 2.05) is 6.92 Å². The lowest BCUT2D eigenvalue weighted by Crippen LogP contribution is -2.30. The standard InChI is InChI=1S/C17H19N3O3S/c1-12-2-10-16(11-3-12)24(22,23)20-15-8-6-14(7-9-15)19-17(21)18-13-4-5-13/h2-3,6-11,13,20H,4-5H2,1H3,(H2,18,19,21). The maximum absolute atomic E-state index is 12.3. The summed E-state index contributed by atoms with van der Waals surface area (Å²) in [5.41, 5.74) is 2.03. The smallest absolute Gasteiger partial charge is 0.319 e. The van der Waals surface area contributed by atoms with Crippen LogP contribution in [0.4, 0.5) is 16.2 Å². The van der Waals surface area contributed by atoms with Gasteiger partial charge in [-0.1, -0.05) is 17.7 Å². The summed E-state index contributed by atoms with van der Waals surface area (Å²) >= 11 is 0. The largest absolute Gasteiger partial charge is 0.335 e. The van der Waals surface area contributed by atoms with Crippen LogP contribution in [0.3, 0.4) is 0 Å². The van der Waals surface area contributed by atoms with Crippen LogP contribution in [0.5, 0.6) is 0 Å². The summed E-state index contributed by atoms with van der Waals surface area (Å²) in [4.78, 5) is 11.9. The van der Waals surface area contributed by atoms with Crippen molar-refractivity contribution in [3.05, 3.63) is 54.1 Å². The van der Waals surface area contributed by atoms with Crippen LogP contribution in [0, 0.1) is 6.92 Å². The number of rotatable bonds is 5. The van der Waals surface area contributed by atoms with Gasteiger partial charge in [0, 0.05) is 17.4 Å². The maximum Gasteiger partial charge on any atom is 0.319 e. The first-order valence-electron chi connectivity index (χ1n) is 7.69. The van der Waals surface area contributed by atoms with Crippen LogP contribution in [0.2, 0.25) is 0 Å².